The molecule has 178 valence electrons. The summed E-state index contributed by atoms with van der Waals surface area (Å²) in [5.41, 5.74) is -0.467. The highest BCUT2D eigenvalue weighted by atomic mass is 16.6. The lowest BCUT2D eigenvalue weighted by Crippen LogP contribution is -2.61. The van der Waals surface area contributed by atoms with Crippen molar-refractivity contribution in [3.63, 3.8) is 0 Å². The number of esters is 3. The lowest BCUT2D eigenvalue weighted by atomic mass is 9.45. The van der Waals surface area contributed by atoms with Crippen LogP contribution in [0.3, 0.4) is 0 Å². The van der Waals surface area contributed by atoms with E-state index in [1.165, 1.54) is 21.0 Å². The topological polar surface area (TPSA) is 99.1 Å². The number of methoxy groups -OCH3 is 1. The fraction of sp³-hybridized carbons (Fsp3) is 0.720. The van der Waals surface area contributed by atoms with Gasteiger partial charge >= 0.3 is 17.9 Å². The highest BCUT2D eigenvalue weighted by Crippen LogP contribution is 2.64. The molecule has 7 heteroatoms. The van der Waals surface area contributed by atoms with Crippen molar-refractivity contribution in [2.45, 2.75) is 85.0 Å². The molecule has 7 atom stereocenters. The molecule has 3 aliphatic rings. The average Bonchev–Trinajstić information content (AvgIpc) is 2.73. The molecule has 0 amide bonds. The van der Waals surface area contributed by atoms with Crippen LogP contribution in [0.1, 0.15) is 66.7 Å². The van der Waals surface area contributed by atoms with Gasteiger partial charge in [0.15, 0.2) is 0 Å². The number of aliphatic hydroxyl groups is 1. The van der Waals surface area contributed by atoms with E-state index in [9.17, 15) is 19.5 Å². The third-order valence-electron chi connectivity index (χ3n) is 8.42. The Labute approximate surface area is 190 Å². The Hall–Kier alpha value is -2.15. The van der Waals surface area contributed by atoms with Crippen LogP contribution < -0.4 is 0 Å². The van der Waals surface area contributed by atoms with Gasteiger partial charge in [-0.15, -0.1) is 6.58 Å². The van der Waals surface area contributed by atoms with Gasteiger partial charge in [-0.05, 0) is 44.9 Å². The Bertz CT molecular complexity index is 860. The molecule has 3 rings (SSSR count). The molecule has 1 N–H and O–H groups in total. The molecule has 0 saturated heterocycles. The molecule has 1 saturated carbocycles. The maximum Gasteiger partial charge on any atom is 0.311 e. The third-order valence-corrected chi connectivity index (χ3v) is 8.42. The van der Waals surface area contributed by atoms with Gasteiger partial charge in [0.05, 0.1) is 18.6 Å². The number of rotatable bonds is 4. The monoisotopic (exact) mass is 448 g/mol. The quantitative estimate of drug-likeness (QED) is 0.399. The van der Waals surface area contributed by atoms with Crippen molar-refractivity contribution < 1.29 is 33.7 Å². The van der Waals surface area contributed by atoms with Crippen molar-refractivity contribution in [2.75, 3.05) is 7.11 Å². The minimum absolute atomic E-state index is 0.305. The second-order valence-electron chi connectivity index (χ2n) is 10.3. The Morgan fingerprint density at radius 2 is 1.72 bits per heavy atom. The van der Waals surface area contributed by atoms with Crippen LogP contribution in [0.4, 0.5) is 0 Å². The average molecular weight is 449 g/mol. The number of aliphatic hydroxyl groups excluding tert-OH is 1. The summed E-state index contributed by atoms with van der Waals surface area (Å²) in [4.78, 5) is 37.1. The molecular formula is C25H36O7. The summed E-state index contributed by atoms with van der Waals surface area (Å²) >= 11 is 0. The van der Waals surface area contributed by atoms with Gasteiger partial charge in [0.1, 0.15) is 12.2 Å². The van der Waals surface area contributed by atoms with Gasteiger partial charge in [0.25, 0.3) is 0 Å². The van der Waals surface area contributed by atoms with Crippen LogP contribution in [0.2, 0.25) is 0 Å². The van der Waals surface area contributed by atoms with Crippen molar-refractivity contribution in [2.24, 2.45) is 22.2 Å². The smallest absolute Gasteiger partial charge is 0.311 e. The SMILES string of the molecule is C=C[C@]1(C)CCC2=C([C@H](OC(C)=O)C[C@@H]3[C@]2(C)[C@@H](O)CC[C@@]3(C)C(=O)OC)[C@@H]1OC(C)=O. The third kappa shape index (κ3) is 3.58. The van der Waals surface area contributed by atoms with E-state index in [2.05, 4.69) is 6.58 Å². The number of fused-ring (bicyclic) bond motifs is 2. The zero-order valence-electron chi connectivity index (χ0n) is 20.0. The molecule has 0 bridgehead atoms. The second kappa shape index (κ2) is 8.32. The van der Waals surface area contributed by atoms with E-state index in [1.807, 2.05) is 20.8 Å². The van der Waals surface area contributed by atoms with Gasteiger partial charge < -0.3 is 19.3 Å². The number of hydrogen-bond donors (Lipinski definition) is 1. The van der Waals surface area contributed by atoms with Gasteiger partial charge in [-0.25, -0.2) is 0 Å². The lowest BCUT2D eigenvalue weighted by Gasteiger charge is -2.60. The molecule has 0 unspecified atom stereocenters. The fourth-order valence-corrected chi connectivity index (χ4v) is 6.55. The first-order chi connectivity index (χ1) is 14.8. The predicted molar refractivity (Wildman–Crippen MR) is 117 cm³/mol. The Morgan fingerprint density at radius 1 is 1.09 bits per heavy atom. The molecule has 0 radical (unpaired) electrons. The first-order valence-electron chi connectivity index (χ1n) is 11.3. The van der Waals surface area contributed by atoms with E-state index in [4.69, 9.17) is 14.2 Å². The predicted octanol–water partition coefficient (Wildman–Crippen LogP) is 3.49. The summed E-state index contributed by atoms with van der Waals surface area (Å²) < 4.78 is 16.8. The Balaban J connectivity index is 2.27. The minimum atomic E-state index is -0.838. The van der Waals surface area contributed by atoms with Crippen LogP contribution in [0, 0.1) is 22.2 Å². The van der Waals surface area contributed by atoms with Crippen LogP contribution in [0.25, 0.3) is 0 Å². The first-order valence-corrected chi connectivity index (χ1v) is 11.3. The number of carbonyl (C=O) groups is 3. The molecule has 0 aromatic carbocycles. The summed E-state index contributed by atoms with van der Waals surface area (Å²) in [6, 6.07) is 0. The maximum atomic E-state index is 12.9. The van der Waals surface area contributed by atoms with Crippen molar-refractivity contribution >= 4 is 17.9 Å². The van der Waals surface area contributed by atoms with Crippen LogP contribution in [0.5, 0.6) is 0 Å². The standard InChI is InChI=1S/C25H36O7/c1-8-23(4)11-9-16-20(21(23)32-15(3)27)17(31-14(2)26)13-18-24(5,22(29)30-7)12-10-19(28)25(16,18)6/h8,17-19,21,28H,1,9-13H2,2-7H3/t17-,18+,19+,21+,23-,24-,25-/m1/s1. The van der Waals surface area contributed by atoms with Crippen molar-refractivity contribution in [3.8, 4) is 0 Å². The van der Waals surface area contributed by atoms with Crippen molar-refractivity contribution in [3.05, 3.63) is 23.8 Å². The summed E-state index contributed by atoms with van der Waals surface area (Å²) in [5.74, 6) is -1.52. The van der Waals surface area contributed by atoms with Crippen LogP contribution in [0.15, 0.2) is 23.8 Å². The normalized spacial score (nSPS) is 41.1. The molecular weight excluding hydrogens is 412 g/mol. The van der Waals surface area contributed by atoms with Crippen LogP contribution in [-0.2, 0) is 28.6 Å². The number of hydrogen-bond acceptors (Lipinski definition) is 7. The van der Waals surface area contributed by atoms with Crippen molar-refractivity contribution in [1.29, 1.82) is 0 Å². The maximum absolute atomic E-state index is 12.9. The summed E-state index contributed by atoms with van der Waals surface area (Å²) in [6.07, 6.45) is 2.32. The molecule has 7 nitrogen and oxygen atoms in total. The van der Waals surface area contributed by atoms with Crippen LogP contribution >= 0.6 is 0 Å². The Morgan fingerprint density at radius 3 is 2.25 bits per heavy atom. The lowest BCUT2D eigenvalue weighted by molar-refractivity contribution is -0.178. The van der Waals surface area contributed by atoms with Gasteiger partial charge in [-0.1, -0.05) is 25.5 Å². The van der Waals surface area contributed by atoms with Crippen molar-refractivity contribution in [1.82, 2.24) is 0 Å². The van der Waals surface area contributed by atoms with E-state index in [0.29, 0.717) is 32.1 Å². The summed E-state index contributed by atoms with van der Waals surface area (Å²) in [7, 11) is 1.37. The van der Waals surface area contributed by atoms with E-state index < -0.39 is 46.5 Å². The zero-order chi connectivity index (χ0) is 24.1. The van der Waals surface area contributed by atoms with Gasteiger partial charge in [0.2, 0.25) is 0 Å². The molecule has 0 aliphatic heterocycles. The van der Waals surface area contributed by atoms with E-state index in [0.717, 1.165) is 11.1 Å². The molecule has 0 aromatic heterocycles. The molecule has 0 aromatic rings. The first kappa shape index (κ1) is 24.5. The highest BCUT2D eigenvalue weighted by Gasteiger charge is 2.64. The molecule has 32 heavy (non-hydrogen) atoms. The molecule has 3 aliphatic carbocycles. The van der Waals surface area contributed by atoms with Gasteiger partial charge in [-0.2, -0.15) is 0 Å². The molecule has 1 fully saturated rings. The number of ether oxygens (including phenoxy) is 3. The highest BCUT2D eigenvalue weighted by molar-refractivity contribution is 5.77. The number of carbonyl (C=O) groups excluding carboxylic acids is 3. The summed E-state index contributed by atoms with van der Waals surface area (Å²) in [6.45, 7) is 12.5. The largest absolute Gasteiger partial charge is 0.469 e. The van der Waals surface area contributed by atoms with E-state index >= 15 is 0 Å². The van der Waals surface area contributed by atoms with Gasteiger partial charge in [0, 0.05) is 30.3 Å². The van der Waals surface area contributed by atoms with Crippen LogP contribution in [-0.4, -0.2) is 48.4 Å². The fourth-order valence-electron chi connectivity index (χ4n) is 6.55. The zero-order valence-corrected chi connectivity index (χ0v) is 20.0. The minimum Gasteiger partial charge on any atom is -0.469 e. The second-order valence-corrected chi connectivity index (χ2v) is 10.3. The Kier molecular flexibility index (Phi) is 6.37. The molecule has 0 spiro atoms. The van der Waals surface area contributed by atoms with E-state index in [1.54, 1.807) is 6.08 Å². The van der Waals surface area contributed by atoms with E-state index in [-0.39, 0.29) is 11.9 Å². The molecule has 0 heterocycles. The van der Waals surface area contributed by atoms with Gasteiger partial charge in [-0.3, -0.25) is 14.4 Å². The summed E-state index contributed by atoms with van der Waals surface area (Å²) in [5, 5.41) is 11.3.